The van der Waals surface area contributed by atoms with E-state index >= 15 is 0 Å². The summed E-state index contributed by atoms with van der Waals surface area (Å²) in [5.74, 6) is -0.0424. The number of aryl methyl sites for hydroxylation is 2. The minimum Gasteiger partial charge on any atom is -0.466 e. The maximum absolute atomic E-state index is 11.5. The van der Waals surface area contributed by atoms with Crippen LogP contribution in [0.4, 0.5) is 0 Å². The Labute approximate surface area is 140 Å². The van der Waals surface area contributed by atoms with E-state index in [0.29, 0.717) is 18.1 Å². The van der Waals surface area contributed by atoms with E-state index < -0.39 is 5.97 Å². The third kappa shape index (κ3) is 3.08. The Hall–Kier alpha value is -2.89. The third-order valence-corrected chi connectivity index (χ3v) is 3.67. The van der Waals surface area contributed by atoms with Crippen molar-refractivity contribution in [2.24, 2.45) is 7.05 Å². The normalized spacial score (nSPS) is 10.8. The first kappa shape index (κ1) is 16.0. The largest absolute Gasteiger partial charge is 0.466 e. The number of nitrogens with zero attached hydrogens (tertiary/aromatic N) is 3. The van der Waals surface area contributed by atoms with Crippen LogP contribution in [0, 0.1) is 6.92 Å². The molecule has 0 saturated carbocycles. The molecule has 0 unspecified atom stereocenters. The first-order valence-electron chi connectivity index (χ1n) is 7.78. The zero-order chi connectivity index (χ0) is 17.1. The van der Waals surface area contributed by atoms with Crippen LogP contribution >= 0.6 is 0 Å². The summed E-state index contributed by atoms with van der Waals surface area (Å²) in [6.07, 6.45) is 0. The van der Waals surface area contributed by atoms with Crippen LogP contribution in [0.2, 0.25) is 0 Å². The lowest BCUT2D eigenvalue weighted by Crippen LogP contribution is -2.15. The van der Waals surface area contributed by atoms with Crippen molar-refractivity contribution in [2.45, 2.75) is 13.8 Å². The molecular formula is C18H19N3O3. The number of carbonyl (C=O) groups is 1. The van der Waals surface area contributed by atoms with Gasteiger partial charge in [-0.25, -0.2) is 4.79 Å². The summed E-state index contributed by atoms with van der Waals surface area (Å²) in [5, 5.41) is 5.43. The van der Waals surface area contributed by atoms with E-state index in [1.54, 1.807) is 11.6 Å². The molecule has 0 atom stereocenters. The van der Waals surface area contributed by atoms with E-state index in [9.17, 15) is 4.79 Å². The highest BCUT2D eigenvalue weighted by Gasteiger charge is 2.16. The van der Waals surface area contributed by atoms with Gasteiger partial charge in [0.15, 0.2) is 12.3 Å². The van der Waals surface area contributed by atoms with Gasteiger partial charge in [-0.15, -0.1) is 0 Å². The number of benzene rings is 1. The van der Waals surface area contributed by atoms with E-state index in [1.807, 2.05) is 50.4 Å². The minimum absolute atomic E-state index is 0.169. The number of fused-ring (bicyclic) bond motifs is 1. The Morgan fingerprint density at radius 2 is 2.00 bits per heavy atom. The molecule has 0 fully saturated rings. The zero-order valence-electron chi connectivity index (χ0n) is 13.9. The summed E-state index contributed by atoms with van der Waals surface area (Å²) in [5.41, 5.74) is 3.63. The van der Waals surface area contributed by atoms with Gasteiger partial charge in [0, 0.05) is 13.1 Å². The highest BCUT2D eigenvalue weighted by atomic mass is 16.6. The first-order valence-corrected chi connectivity index (χ1v) is 7.78. The van der Waals surface area contributed by atoms with Gasteiger partial charge in [-0.05, 0) is 25.0 Å². The van der Waals surface area contributed by atoms with Gasteiger partial charge in [0.25, 0.3) is 0 Å². The second kappa shape index (κ2) is 6.70. The van der Waals surface area contributed by atoms with Crippen LogP contribution in [0.1, 0.15) is 12.6 Å². The van der Waals surface area contributed by atoms with Gasteiger partial charge >= 0.3 is 5.97 Å². The highest BCUT2D eigenvalue weighted by molar-refractivity contribution is 5.95. The van der Waals surface area contributed by atoms with E-state index in [-0.39, 0.29) is 6.61 Å². The predicted octanol–water partition coefficient (Wildman–Crippen LogP) is 2.89. The second-order valence-corrected chi connectivity index (χ2v) is 5.38. The van der Waals surface area contributed by atoms with Crippen molar-refractivity contribution in [3.8, 4) is 17.0 Å². The van der Waals surface area contributed by atoms with Crippen LogP contribution in [0.25, 0.3) is 22.2 Å². The van der Waals surface area contributed by atoms with Crippen molar-refractivity contribution < 1.29 is 14.3 Å². The SMILES string of the molecule is CCOC(=O)COc1cc(-c2ccccc2)c2c(C)nn(C)c2n1. The van der Waals surface area contributed by atoms with E-state index in [4.69, 9.17) is 9.47 Å². The van der Waals surface area contributed by atoms with E-state index in [2.05, 4.69) is 10.1 Å². The molecule has 2 aromatic heterocycles. The van der Waals surface area contributed by atoms with Crippen molar-refractivity contribution in [2.75, 3.05) is 13.2 Å². The van der Waals surface area contributed by atoms with Gasteiger partial charge < -0.3 is 9.47 Å². The molecule has 2 heterocycles. The van der Waals surface area contributed by atoms with Gasteiger partial charge in [-0.3, -0.25) is 4.68 Å². The number of esters is 1. The Morgan fingerprint density at radius 3 is 2.71 bits per heavy atom. The van der Waals surface area contributed by atoms with Crippen molar-refractivity contribution in [1.29, 1.82) is 0 Å². The quantitative estimate of drug-likeness (QED) is 0.675. The average Bonchev–Trinajstić information content (AvgIpc) is 2.88. The number of carbonyl (C=O) groups excluding carboxylic acids is 1. The third-order valence-electron chi connectivity index (χ3n) is 3.67. The number of hydrogen-bond acceptors (Lipinski definition) is 5. The number of rotatable bonds is 5. The van der Waals surface area contributed by atoms with Crippen molar-refractivity contribution >= 4 is 17.0 Å². The molecule has 0 aliphatic carbocycles. The molecule has 0 N–H and O–H groups in total. The standard InChI is InChI=1S/C18H19N3O3/c1-4-23-16(22)11-24-15-10-14(13-8-6-5-7-9-13)17-12(2)20-21(3)18(17)19-15/h5-10H,4,11H2,1-3H3. The summed E-state index contributed by atoms with van der Waals surface area (Å²) < 4.78 is 12.1. The molecule has 0 radical (unpaired) electrons. The molecule has 1 aromatic carbocycles. The van der Waals surface area contributed by atoms with Crippen LogP contribution in [-0.4, -0.2) is 33.9 Å². The number of pyridine rings is 1. The van der Waals surface area contributed by atoms with Crippen LogP contribution in [0.3, 0.4) is 0 Å². The Kier molecular flexibility index (Phi) is 4.46. The van der Waals surface area contributed by atoms with Gasteiger partial charge in [0.1, 0.15) is 0 Å². The molecule has 6 nitrogen and oxygen atoms in total. The minimum atomic E-state index is -0.415. The number of aromatic nitrogens is 3. The zero-order valence-corrected chi connectivity index (χ0v) is 13.9. The lowest BCUT2D eigenvalue weighted by molar-refractivity contribution is -0.145. The van der Waals surface area contributed by atoms with Crippen LogP contribution < -0.4 is 4.74 Å². The molecule has 6 heteroatoms. The predicted molar refractivity (Wildman–Crippen MR) is 90.8 cm³/mol. The van der Waals surface area contributed by atoms with Gasteiger partial charge in [-0.1, -0.05) is 30.3 Å². The topological polar surface area (TPSA) is 66.2 Å². The average molecular weight is 325 g/mol. The summed E-state index contributed by atoms with van der Waals surface area (Å²) in [6.45, 7) is 3.87. The monoisotopic (exact) mass is 325 g/mol. The summed E-state index contributed by atoms with van der Waals surface area (Å²) in [7, 11) is 1.84. The lowest BCUT2D eigenvalue weighted by Gasteiger charge is -2.09. The molecule has 0 aliphatic heterocycles. The molecule has 3 rings (SSSR count). The molecular weight excluding hydrogens is 306 g/mol. The lowest BCUT2D eigenvalue weighted by atomic mass is 10.0. The smallest absolute Gasteiger partial charge is 0.344 e. The van der Waals surface area contributed by atoms with Crippen LogP contribution in [-0.2, 0) is 16.6 Å². The number of ether oxygens (including phenoxy) is 2. The molecule has 124 valence electrons. The molecule has 0 saturated heterocycles. The Morgan fingerprint density at radius 1 is 1.25 bits per heavy atom. The molecule has 0 aliphatic rings. The molecule has 0 bridgehead atoms. The van der Waals surface area contributed by atoms with Gasteiger partial charge in [-0.2, -0.15) is 10.1 Å². The fraction of sp³-hybridized carbons (Fsp3) is 0.278. The number of hydrogen-bond donors (Lipinski definition) is 0. The van der Waals surface area contributed by atoms with E-state index in [0.717, 1.165) is 22.2 Å². The van der Waals surface area contributed by atoms with Crippen molar-refractivity contribution in [1.82, 2.24) is 14.8 Å². The van der Waals surface area contributed by atoms with Crippen molar-refractivity contribution in [3.05, 3.63) is 42.1 Å². The maximum atomic E-state index is 11.5. The van der Waals surface area contributed by atoms with Crippen LogP contribution in [0.5, 0.6) is 5.88 Å². The molecule has 3 aromatic rings. The Bertz CT molecular complexity index is 872. The van der Waals surface area contributed by atoms with Crippen molar-refractivity contribution in [3.63, 3.8) is 0 Å². The summed E-state index contributed by atoms with van der Waals surface area (Å²) >= 11 is 0. The fourth-order valence-corrected chi connectivity index (χ4v) is 2.68. The second-order valence-electron chi connectivity index (χ2n) is 5.38. The summed E-state index contributed by atoms with van der Waals surface area (Å²) in [6, 6.07) is 11.8. The van der Waals surface area contributed by atoms with Gasteiger partial charge in [0.2, 0.25) is 5.88 Å². The van der Waals surface area contributed by atoms with Gasteiger partial charge in [0.05, 0.1) is 17.7 Å². The van der Waals surface area contributed by atoms with E-state index in [1.165, 1.54) is 0 Å². The molecule has 24 heavy (non-hydrogen) atoms. The highest BCUT2D eigenvalue weighted by Crippen LogP contribution is 2.32. The molecule has 0 spiro atoms. The fourth-order valence-electron chi connectivity index (χ4n) is 2.68. The Balaban J connectivity index is 2.06. The first-order chi connectivity index (χ1) is 11.6. The summed E-state index contributed by atoms with van der Waals surface area (Å²) in [4.78, 5) is 16.0. The molecule has 0 amide bonds. The van der Waals surface area contributed by atoms with Crippen LogP contribution in [0.15, 0.2) is 36.4 Å². The maximum Gasteiger partial charge on any atom is 0.344 e.